The van der Waals surface area contributed by atoms with Gasteiger partial charge < -0.3 is 9.47 Å². The highest BCUT2D eigenvalue weighted by molar-refractivity contribution is 5.99. The summed E-state index contributed by atoms with van der Waals surface area (Å²) in [5, 5.41) is 2.93. The Labute approximate surface area is 175 Å². The highest BCUT2D eigenvalue weighted by Crippen LogP contribution is 2.12. The summed E-state index contributed by atoms with van der Waals surface area (Å²) in [6, 6.07) is 15.8. The van der Waals surface area contributed by atoms with E-state index >= 15 is 0 Å². The van der Waals surface area contributed by atoms with E-state index in [0.29, 0.717) is 11.4 Å². The highest BCUT2D eigenvalue weighted by atomic mass is 16.5. The average Bonchev–Trinajstić information content (AvgIpc) is 3.09. The number of hydrogen-bond donors (Lipinski definition) is 1. The molecule has 31 heavy (non-hydrogen) atoms. The Kier molecular flexibility index (Phi) is 5.23. The number of methoxy groups -OCH3 is 2. The molecule has 2 aliphatic heterocycles. The van der Waals surface area contributed by atoms with E-state index in [9.17, 15) is 14.4 Å². The first-order valence-electron chi connectivity index (χ1n) is 9.26. The van der Waals surface area contributed by atoms with Crippen LogP contribution in [0.1, 0.15) is 5.56 Å². The van der Waals surface area contributed by atoms with Gasteiger partial charge in [-0.15, -0.1) is 0 Å². The Morgan fingerprint density at radius 1 is 1.03 bits per heavy atom. The van der Waals surface area contributed by atoms with Crippen molar-refractivity contribution in [1.82, 2.24) is 19.3 Å². The fraction of sp³-hybridized carbons (Fsp3) is 0.0909. The van der Waals surface area contributed by atoms with Crippen molar-refractivity contribution in [3.63, 3.8) is 0 Å². The van der Waals surface area contributed by atoms with Crippen molar-refractivity contribution < 1.29 is 14.3 Å². The van der Waals surface area contributed by atoms with Crippen molar-refractivity contribution in [2.75, 3.05) is 14.2 Å². The van der Waals surface area contributed by atoms with Gasteiger partial charge in [0.05, 0.1) is 26.0 Å². The van der Waals surface area contributed by atoms with Crippen LogP contribution in [0, 0.1) is 0 Å². The van der Waals surface area contributed by atoms with Gasteiger partial charge in [0.25, 0.3) is 11.1 Å². The van der Waals surface area contributed by atoms with Gasteiger partial charge in [0.2, 0.25) is 5.95 Å². The number of ether oxygens (including phenoxy) is 2. The van der Waals surface area contributed by atoms with Gasteiger partial charge in [0.1, 0.15) is 16.4 Å². The third kappa shape index (κ3) is 3.76. The zero-order chi connectivity index (χ0) is 22.0. The van der Waals surface area contributed by atoms with E-state index in [1.807, 2.05) is 0 Å². The summed E-state index contributed by atoms with van der Waals surface area (Å²) in [7, 11) is 2.78. The van der Waals surface area contributed by atoms with Crippen LogP contribution in [0.4, 0.5) is 0 Å². The van der Waals surface area contributed by atoms with Crippen molar-refractivity contribution in [3.05, 3.63) is 91.6 Å². The lowest BCUT2D eigenvalue weighted by molar-refractivity contribution is -0.133. The molecule has 0 radical (unpaired) electrons. The predicted molar refractivity (Wildman–Crippen MR) is 113 cm³/mol. The number of nitrogens with one attached hydrogen (secondary N) is 1. The normalized spacial score (nSPS) is 12.3. The number of benzene rings is 2. The molecule has 4 rings (SSSR count). The van der Waals surface area contributed by atoms with E-state index in [1.54, 1.807) is 67.8 Å². The predicted octanol–water partition coefficient (Wildman–Crippen LogP) is -0.0598. The number of hydrogen-bond acceptors (Lipinski definition) is 6. The Morgan fingerprint density at radius 2 is 1.74 bits per heavy atom. The summed E-state index contributed by atoms with van der Waals surface area (Å²) in [6.45, 7) is 0. The second kappa shape index (κ2) is 8.15. The Balaban J connectivity index is 2.06. The van der Waals surface area contributed by atoms with Crippen molar-refractivity contribution in [1.29, 1.82) is 0 Å². The van der Waals surface area contributed by atoms with Gasteiger partial charge in [0, 0.05) is 0 Å². The molecule has 0 unspecified atom stereocenters. The zero-order valence-electron chi connectivity index (χ0n) is 16.7. The van der Waals surface area contributed by atoms with Gasteiger partial charge in [-0.2, -0.15) is 4.98 Å². The second-order valence-corrected chi connectivity index (χ2v) is 6.52. The van der Waals surface area contributed by atoms with Crippen LogP contribution in [0.2, 0.25) is 0 Å². The van der Waals surface area contributed by atoms with Gasteiger partial charge in [-0.1, -0.05) is 30.3 Å². The van der Waals surface area contributed by atoms with E-state index in [-0.39, 0.29) is 16.6 Å². The number of esters is 1. The summed E-state index contributed by atoms with van der Waals surface area (Å²) in [5.74, 6) is 0.0514. The van der Waals surface area contributed by atoms with Crippen LogP contribution in [0.15, 0.2) is 64.2 Å². The third-order valence-electron chi connectivity index (χ3n) is 4.62. The molecule has 0 aliphatic carbocycles. The maximum atomic E-state index is 13.1. The summed E-state index contributed by atoms with van der Waals surface area (Å²) in [5.41, 5.74) is 0.132. The molecule has 9 nitrogen and oxygen atoms in total. The molecule has 2 heterocycles. The van der Waals surface area contributed by atoms with Crippen molar-refractivity contribution >= 4 is 18.1 Å². The largest absolute Gasteiger partial charge is 0.497 e. The van der Waals surface area contributed by atoms with Crippen molar-refractivity contribution in [2.24, 2.45) is 0 Å². The number of rotatable bonds is 4. The van der Waals surface area contributed by atoms with E-state index in [4.69, 9.17) is 4.74 Å². The number of aromatic nitrogens is 4. The molecule has 0 aromatic heterocycles. The molecular formula is C22H18N4O5. The molecule has 2 aliphatic rings. The number of imidazole rings is 1. The van der Waals surface area contributed by atoms with E-state index < -0.39 is 17.1 Å². The number of H-pyrrole nitrogens is 1. The minimum Gasteiger partial charge on any atom is -0.497 e. The lowest BCUT2D eigenvalue weighted by Gasteiger charge is -2.12. The second-order valence-electron chi connectivity index (χ2n) is 6.52. The maximum Gasteiger partial charge on any atom is 0.332 e. The van der Waals surface area contributed by atoms with Gasteiger partial charge in [-0.3, -0.25) is 14.7 Å². The van der Waals surface area contributed by atoms with Gasteiger partial charge in [-0.25, -0.2) is 14.0 Å². The standard InChI is InChI=1S/C22H18N4O5/c1-30-16-10-8-14(9-11-16)12-18-20(28)23-22-25(15-6-4-3-5-7-15)21(29)17(24-26(18)22)13-19(27)31-2/h3-13,24H,1-2H3/b17-13-,18-12+. The number of fused-ring (bicyclic) bond motifs is 1. The van der Waals surface area contributed by atoms with Crippen LogP contribution in [0.25, 0.3) is 23.8 Å². The average molecular weight is 418 g/mol. The van der Waals surface area contributed by atoms with Crippen LogP contribution >= 0.6 is 0 Å². The monoisotopic (exact) mass is 418 g/mol. The van der Waals surface area contributed by atoms with Crippen molar-refractivity contribution in [2.45, 2.75) is 0 Å². The Hall–Kier alpha value is -4.40. The molecular weight excluding hydrogens is 400 g/mol. The topological polar surface area (TPSA) is 108 Å². The molecule has 156 valence electrons. The maximum absolute atomic E-state index is 13.1. The molecule has 0 amide bonds. The molecule has 0 saturated carbocycles. The molecule has 0 atom stereocenters. The van der Waals surface area contributed by atoms with E-state index in [1.165, 1.54) is 16.4 Å². The number of carbonyl (C=O) groups excluding carboxylic acids is 1. The molecule has 2 aromatic rings. The molecule has 0 bridgehead atoms. The minimum atomic E-state index is -0.713. The van der Waals surface area contributed by atoms with Gasteiger partial charge >= 0.3 is 5.97 Å². The first kappa shape index (κ1) is 19.9. The fourth-order valence-corrected chi connectivity index (χ4v) is 3.11. The fourth-order valence-electron chi connectivity index (χ4n) is 3.11. The van der Waals surface area contributed by atoms with E-state index in [0.717, 1.165) is 11.6 Å². The van der Waals surface area contributed by atoms with Crippen LogP contribution in [-0.2, 0) is 9.53 Å². The number of nitrogens with zero attached hydrogens (tertiary/aromatic N) is 3. The minimum absolute atomic E-state index is 0.0648. The first-order chi connectivity index (χ1) is 15.0. The molecule has 2 aromatic carbocycles. The Morgan fingerprint density at radius 3 is 2.39 bits per heavy atom. The molecule has 0 fully saturated rings. The SMILES string of the molecule is COC(=O)/C=c1\[nH]n2/c(=C/c3ccc(OC)cc3)c(=O)nc-2n(-c2ccccc2)c1=O. The van der Waals surface area contributed by atoms with Gasteiger partial charge in [0.15, 0.2) is 0 Å². The zero-order valence-corrected chi connectivity index (χ0v) is 16.7. The third-order valence-corrected chi connectivity index (χ3v) is 4.62. The number of para-hydroxylation sites is 1. The van der Waals surface area contributed by atoms with Gasteiger partial charge in [-0.05, 0) is 35.9 Å². The summed E-state index contributed by atoms with van der Waals surface area (Å²) in [6.07, 6.45) is 2.66. The lowest BCUT2D eigenvalue weighted by atomic mass is 10.2. The smallest absolute Gasteiger partial charge is 0.332 e. The molecule has 9 heteroatoms. The molecule has 1 N–H and O–H groups in total. The summed E-state index contributed by atoms with van der Waals surface area (Å²) in [4.78, 5) is 41.7. The lowest BCUT2D eigenvalue weighted by Crippen LogP contribution is -2.44. The van der Waals surface area contributed by atoms with Crippen molar-refractivity contribution in [3.8, 4) is 17.4 Å². The molecule has 0 spiro atoms. The Bertz CT molecular complexity index is 1450. The van der Waals surface area contributed by atoms with Crippen LogP contribution in [0.3, 0.4) is 0 Å². The number of aromatic amines is 1. The summed E-state index contributed by atoms with van der Waals surface area (Å²) < 4.78 is 12.4. The van der Waals surface area contributed by atoms with Crippen LogP contribution < -0.4 is 26.6 Å². The van der Waals surface area contributed by atoms with E-state index in [2.05, 4.69) is 14.8 Å². The van der Waals surface area contributed by atoms with Crippen LogP contribution in [0.5, 0.6) is 5.75 Å². The molecule has 0 saturated heterocycles. The van der Waals surface area contributed by atoms with Crippen LogP contribution in [-0.4, -0.2) is 39.5 Å². The first-order valence-corrected chi connectivity index (χ1v) is 9.26. The number of carbonyl (C=O) groups is 1. The summed E-state index contributed by atoms with van der Waals surface area (Å²) >= 11 is 0. The quantitative estimate of drug-likeness (QED) is 0.465. The highest BCUT2D eigenvalue weighted by Gasteiger charge is 2.18.